The van der Waals surface area contributed by atoms with E-state index in [0.29, 0.717) is 22.8 Å². The quantitative estimate of drug-likeness (QED) is 0.917. The summed E-state index contributed by atoms with van der Waals surface area (Å²) in [5.41, 5.74) is 0.716. The summed E-state index contributed by atoms with van der Waals surface area (Å²) in [5.74, 6) is 0.796. The van der Waals surface area contributed by atoms with Crippen LogP contribution in [-0.4, -0.2) is 32.4 Å². The second kappa shape index (κ2) is 5.83. The molecule has 1 N–H and O–H groups in total. The number of hydrogen-bond donors (Lipinski definition) is 1. The number of carbonyl (C=O) groups is 1. The molecule has 1 aromatic heterocycles. The summed E-state index contributed by atoms with van der Waals surface area (Å²) in [6, 6.07) is 6.77. The van der Waals surface area contributed by atoms with Crippen molar-refractivity contribution in [3.63, 3.8) is 0 Å². The van der Waals surface area contributed by atoms with E-state index in [2.05, 4.69) is 0 Å². The van der Waals surface area contributed by atoms with Crippen LogP contribution in [0.5, 0.6) is 17.2 Å². The van der Waals surface area contributed by atoms with E-state index in [1.54, 1.807) is 45.6 Å². The van der Waals surface area contributed by atoms with E-state index >= 15 is 0 Å². The number of rotatable bonds is 5. The lowest BCUT2D eigenvalue weighted by molar-refractivity contribution is 0.0702. The van der Waals surface area contributed by atoms with Crippen LogP contribution in [0.3, 0.4) is 0 Å². The molecule has 106 valence electrons. The van der Waals surface area contributed by atoms with E-state index in [0.717, 1.165) is 4.88 Å². The number of hydrogen-bond acceptors (Lipinski definition) is 5. The minimum absolute atomic E-state index is 0.264. The van der Waals surface area contributed by atoms with Crippen LogP contribution < -0.4 is 14.2 Å². The van der Waals surface area contributed by atoms with Crippen molar-refractivity contribution in [2.45, 2.75) is 0 Å². The lowest BCUT2D eigenvalue weighted by Gasteiger charge is -2.13. The number of ether oxygens (including phenoxy) is 3. The molecule has 2 aromatic rings. The largest absolute Gasteiger partial charge is 0.496 e. The summed E-state index contributed by atoms with van der Waals surface area (Å²) in [6.07, 6.45) is 0. The standard InChI is InChI=1S/C14H14O5S/c1-17-8-6-9(18-2)13(10(7-8)19-3)11-4-5-12(20-11)14(15)16/h4-7H,1-3H3,(H,15,16). The van der Waals surface area contributed by atoms with Crippen molar-refractivity contribution in [1.29, 1.82) is 0 Å². The molecule has 0 saturated carbocycles. The maximum atomic E-state index is 11.0. The van der Waals surface area contributed by atoms with Crippen LogP contribution in [0.15, 0.2) is 24.3 Å². The summed E-state index contributed by atoms with van der Waals surface area (Å²) < 4.78 is 15.9. The van der Waals surface area contributed by atoms with Gasteiger partial charge in [-0.1, -0.05) is 0 Å². The zero-order valence-electron chi connectivity index (χ0n) is 11.3. The Morgan fingerprint density at radius 3 is 2.05 bits per heavy atom. The molecule has 0 saturated heterocycles. The Kier molecular flexibility index (Phi) is 4.14. The smallest absolute Gasteiger partial charge is 0.345 e. The summed E-state index contributed by atoms with van der Waals surface area (Å²) >= 11 is 1.17. The molecule has 0 aliphatic heterocycles. The fourth-order valence-electron chi connectivity index (χ4n) is 1.84. The lowest BCUT2D eigenvalue weighted by atomic mass is 10.1. The molecule has 6 heteroatoms. The number of carboxylic acid groups (broad SMARTS) is 1. The van der Waals surface area contributed by atoms with Crippen LogP contribution in [0.25, 0.3) is 10.4 Å². The van der Waals surface area contributed by atoms with Crippen LogP contribution in [0, 0.1) is 0 Å². The summed E-state index contributed by atoms with van der Waals surface area (Å²) in [7, 11) is 4.65. The third-order valence-electron chi connectivity index (χ3n) is 2.78. The Morgan fingerprint density at radius 2 is 1.65 bits per heavy atom. The van der Waals surface area contributed by atoms with E-state index in [1.807, 2.05) is 0 Å². The lowest BCUT2D eigenvalue weighted by Crippen LogP contribution is -1.94. The highest BCUT2D eigenvalue weighted by atomic mass is 32.1. The van der Waals surface area contributed by atoms with Gasteiger partial charge in [-0.3, -0.25) is 0 Å². The van der Waals surface area contributed by atoms with Crippen LogP contribution in [-0.2, 0) is 0 Å². The number of thiophene rings is 1. The molecular formula is C14H14O5S. The van der Waals surface area contributed by atoms with Crippen LogP contribution in [0.2, 0.25) is 0 Å². The van der Waals surface area contributed by atoms with Crippen molar-refractivity contribution < 1.29 is 24.1 Å². The van der Waals surface area contributed by atoms with Gasteiger partial charge in [-0.05, 0) is 12.1 Å². The number of methoxy groups -OCH3 is 3. The Bertz CT molecular complexity index is 607. The minimum atomic E-state index is -0.951. The Hall–Kier alpha value is -2.21. The predicted octanol–water partition coefficient (Wildman–Crippen LogP) is 3.14. The second-order valence-electron chi connectivity index (χ2n) is 3.88. The first kappa shape index (κ1) is 14.2. The van der Waals surface area contributed by atoms with Gasteiger partial charge in [-0.25, -0.2) is 4.79 Å². The van der Waals surface area contributed by atoms with Crippen molar-refractivity contribution in [3.05, 3.63) is 29.1 Å². The predicted molar refractivity (Wildman–Crippen MR) is 76.4 cm³/mol. The molecule has 0 atom stereocenters. The monoisotopic (exact) mass is 294 g/mol. The fraction of sp³-hybridized carbons (Fsp3) is 0.214. The number of aromatic carboxylic acids is 1. The Balaban J connectivity index is 2.61. The normalized spacial score (nSPS) is 10.2. The molecule has 2 rings (SSSR count). The zero-order chi connectivity index (χ0) is 14.7. The van der Waals surface area contributed by atoms with Gasteiger partial charge in [0.25, 0.3) is 0 Å². The number of benzene rings is 1. The highest BCUT2D eigenvalue weighted by Crippen LogP contribution is 2.44. The van der Waals surface area contributed by atoms with Crippen LogP contribution in [0.4, 0.5) is 0 Å². The fourth-order valence-corrected chi connectivity index (χ4v) is 2.74. The van der Waals surface area contributed by atoms with Gasteiger partial charge in [0.15, 0.2) is 0 Å². The first-order valence-corrected chi connectivity index (χ1v) is 6.55. The first-order valence-electron chi connectivity index (χ1n) is 5.74. The van der Waals surface area contributed by atoms with Gasteiger partial charge in [0, 0.05) is 17.0 Å². The van der Waals surface area contributed by atoms with Crippen molar-refractivity contribution in [3.8, 4) is 27.7 Å². The molecule has 0 fully saturated rings. The Morgan fingerprint density at radius 1 is 1.05 bits per heavy atom. The van der Waals surface area contributed by atoms with E-state index < -0.39 is 5.97 Å². The van der Waals surface area contributed by atoms with Crippen molar-refractivity contribution in [2.75, 3.05) is 21.3 Å². The summed E-state index contributed by atoms with van der Waals surface area (Å²) in [5, 5.41) is 9.01. The third kappa shape index (κ3) is 2.55. The molecule has 1 aromatic carbocycles. The molecule has 0 amide bonds. The van der Waals surface area contributed by atoms with Gasteiger partial charge < -0.3 is 19.3 Å². The molecule has 1 heterocycles. The van der Waals surface area contributed by atoms with Gasteiger partial charge in [-0.2, -0.15) is 0 Å². The molecule has 20 heavy (non-hydrogen) atoms. The van der Waals surface area contributed by atoms with Gasteiger partial charge in [0.05, 0.1) is 26.9 Å². The molecule has 5 nitrogen and oxygen atoms in total. The van der Waals surface area contributed by atoms with Gasteiger partial charge in [0.2, 0.25) is 0 Å². The average molecular weight is 294 g/mol. The van der Waals surface area contributed by atoms with Gasteiger partial charge >= 0.3 is 5.97 Å². The molecular weight excluding hydrogens is 280 g/mol. The van der Waals surface area contributed by atoms with Crippen LogP contribution >= 0.6 is 11.3 Å². The van der Waals surface area contributed by atoms with E-state index in [9.17, 15) is 4.79 Å². The molecule has 0 bridgehead atoms. The number of carboxylic acids is 1. The first-order chi connectivity index (χ1) is 9.60. The third-order valence-corrected chi connectivity index (χ3v) is 3.87. The van der Waals surface area contributed by atoms with E-state index in [1.165, 1.54) is 11.3 Å². The summed E-state index contributed by atoms with van der Waals surface area (Å²) in [4.78, 5) is 12.0. The zero-order valence-corrected chi connectivity index (χ0v) is 12.1. The topological polar surface area (TPSA) is 65.0 Å². The second-order valence-corrected chi connectivity index (χ2v) is 4.96. The average Bonchev–Trinajstić information content (AvgIpc) is 2.95. The SMILES string of the molecule is COc1cc(OC)c(-c2ccc(C(=O)O)s2)c(OC)c1. The van der Waals surface area contributed by atoms with Crippen LogP contribution in [0.1, 0.15) is 9.67 Å². The highest BCUT2D eigenvalue weighted by molar-refractivity contribution is 7.17. The molecule has 0 radical (unpaired) electrons. The molecule has 0 spiro atoms. The molecule has 0 aliphatic rings. The van der Waals surface area contributed by atoms with E-state index in [4.69, 9.17) is 19.3 Å². The minimum Gasteiger partial charge on any atom is -0.496 e. The summed E-state index contributed by atoms with van der Waals surface area (Å²) in [6.45, 7) is 0. The van der Waals surface area contributed by atoms with Crippen molar-refractivity contribution in [1.82, 2.24) is 0 Å². The highest BCUT2D eigenvalue weighted by Gasteiger charge is 2.18. The Labute approximate surface area is 120 Å². The van der Waals surface area contributed by atoms with Gasteiger partial charge in [-0.15, -0.1) is 11.3 Å². The molecule has 0 unspecified atom stereocenters. The van der Waals surface area contributed by atoms with Crippen molar-refractivity contribution in [2.24, 2.45) is 0 Å². The maximum absolute atomic E-state index is 11.0. The van der Waals surface area contributed by atoms with Gasteiger partial charge in [0.1, 0.15) is 22.1 Å². The molecule has 0 aliphatic carbocycles. The van der Waals surface area contributed by atoms with E-state index in [-0.39, 0.29) is 4.88 Å². The van der Waals surface area contributed by atoms with Crippen molar-refractivity contribution >= 4 is 17.3 Å². The maximum Gasteiger partial charge on any atom is 0.345 e.